The molecule has 0 amide bonds. The van der Waals surface area contributed by atoms with E-state index in [1.165, 1.54) is 42.5 Å². The van der Waals surface area contributed by atoms with Crippen molar-refractivity contribution in [3.05, 3.63) is 51.2 Å². The Morgan fingerprint density at radius 1 is 1.14 bits per heavy atom. The number of alkyl halides is 1. The highest BCUT2D eigenvalue weighted by Gasteiger charge is 2.18. The monoisotopic (exact) mass is 320 g/mol. The average Bonchev–Trinajstić information content (AvgIpc) is 2.79. The van der Waals surface area contributed by atoms with Crippen LogP contribution in [-0.2, 0) is 12.8 Å². The second-order valence-corrected chi connectivity index (χ2v) is 7.13. The molecule has 1 aromatic carbocycles. The fraction of sp³-hybridized carbons (Fsp3) is 0.444. The smallest absolute Gasteiger partial charge is 0.119 e. The molecule has 0 fully saturated rings. The van der Waals surface area contributed by atoms with Crippen LogP contribution in [0.15, 0.2) is 30.3 Å². The van der Waals surface area contributed by atoms with Gasteiger partial charge in [0.1, 0.15) is 5.75 Å². The van der Waals surface area contributed by atoms with Crippen LogP contribution >= 0.6 is 22.9 Å². The summed E-state index contributed by atoms with van der Waals surface area (Å²) in [4.78, 5) is 2.84. The number of ether oxygens (including phenoxy) is 1. The Morgan fingerprint density at radius 2 is 1.90 bits per heavy atom. The summed E-state index contributed by atoms with van der Waals surface area (Å²) in [5, 5.41) is -0.0439. The van der Waals surface area contributed by atoms with E-state index in [0.717, 1.165) is 11.3 Å². The Balaban J connectivity index is 1.79. The van der Waals surface area contributed by atoms with Crippen LogP contribution in [-0.4, -0.2) is 6.61 Å². The first-order chi connectivity index (χ1) is 10.3. The van der Waals surface area contributed by atoms with Crippen LogP contribution in [0.3, 0.4) is 0 Å². The number of aryl methyl sites for hydroxylation is 2. The molecule has 2 aromatic rings. The van der Waals surface area contributed by atoms with Crippen LogP contribution in [0, 0.1) is 0 Å². The molecule has 112 valence electrons. The molecule has 1 aliphatic carbocycles. The van der Waals surface area contributed by atoms with Crippen molar-refractivity contribution in [2.24, 2.45) is 0 Å². The molecule has 1 atom stereocenters. The van der Waals surface area contributed by atoms with E-state index in [2.05, 4.69) is 18.2 Å². The minimum atomic E-state index is -0.0439. The topological polar surface area (TPSA) is 9.23 Å². The highest BCUT2D eigenvalue weighted by atomic mass is 35.5. The molecular weight excluding hydrogens is 300 g/mol. The lowest BCUT2D eigenvalue weighted by Crippen LogP contribution is -1.93. The summed E-state index contributed by atoms with van der Waals surface area (Å²) < 4.78 is 5.49. The Labute approximate surface area is 135 Å². The average molecular weight is 321 g/mol. The molecule has 1 nitrogen and oxygen atoms in total. The van der Waals surface area contributed by atoms with Crippen molar-refractivity contribution in [3.8, 4) is 5.75 Å². The van der Waals surface area contributed by atoms with Crippen molar-refractivity contribution >= 4 is 22.9 Å². The van der Waals surface area contributed by atoms with E-state index in [4.69, 9.17) is 16.3 Å². The largest absolute Gasteiger partial charge is 0.494 e. The van der Waals surface area contributed by atoms with Gasteiger partial charge in [-0.15, -0.1) is 22.9 Å². The summed E-state index contributed by atoms with van der Waals surface area (Å²) in [5.74, 6) is 0.909. The van der Waals surface area contributed by atoms with Gasteiger partial charge in [0.15, 0.2) is 0 Å². The zero-order valence-electron chi connectivity index (χ0n) is 12.4. The standard InChI is InChI=1S/C18H21ClOS/c1-2-20-15-10-8-13(9-11-15)18(19)17-12-14-6-4-3-5-7-16(14)21-17/h8-12,18H,2-7H2,1H3. The van der Waals surface area contributed by atoms with Gasteiger partial charge >= 0.3 is 0 Å². The number of benzene rings is 1. The number of halogens is 1. The molecule has 1 heterocycles. The summed E-state index contributed by atoms with van der Waals surface area (Å²) in [5.41, 5.74) is 2.68. The molecule has 0 saturated carbocycles. The lowest BCUT2D eigenvalue weighted by atomic mass is 10.1. The van der Waals surface area contributed by atoms with Gasteiger partial charge in [-0.1, -0.05) is 18.6 Å². The minimum Gasteiger partial charge on any atom is -0.494 e. The zero-order valence-corrected chi connectivity index (χ0v) is 14.0. The van der Waals surface area contributed by atoms with Crippen molar-refractivity contribution in [1.82, 2.24) is 0 Å². The van der Waals surface area contributed by atoms with Crippen molar-refractivity contribution in [2.45, 2.75) is 44.4 Å². The molecule has 0 spiro atoms. The molecule has 0 bridgehead atoms. The highest BCUT2D eigenvalue weighted by molar-refractivity contribution is 7.12. The first kappa shape index (κ1) is 14.9. The van der Waals surface area contributed by atoms with Gasteiger partial charge in [-0.3, -0.25) is 0 Å². The summed E-state index contributed by atoms with van der Waals surface area (Å²) in [6, 6.07) is 10.5. The Kier molecular flexibility index (Phi) is 4.87. The van der Waals surface area contributed by atoms with Gasteiger partial charge in [0.25, 0.3) is 0 Å². The molecule has 0 aliphatic heterocycles. The summed E-state index contributed by atoms with van der Waals surface area (Å²) in [6.45, 7) is 2.69. The van der Waals surface area contributed by atoms with E-state index in [1.807, 2.05) is 30.4 Å². The molecule has 1 aromatic heterocycles. The van der Waals surface area contributed by atoms with Gasteiger partial charge in [0.2, 0.25) is 0 Å². The predicted molar refractivity (Wildman–Crippen MR) is 90.9 cm³/mol. The lowest BCUT2D eigenvalue weighted by Gasteiger charge is -2.09. The lowest BCUT2D eigenvalue weighted by molar-refractivity contribution is 0.340. The normalized spacial score (nSPS) is 16.1. The number of fused-ring (bicyclic) bond motifs is 1. The summed E-state index contributed by atoms with van der Waals surface area (Å²) in [6.07, 6.45) is 6.45. The van der Waals surface area contributed by atoms with Gasteiger partial charge in [0, 0.05) is 9.75 Å². The van der Waals surface area contributed by atoms with Gasteiger partial charge < -0.3 is 4.74 Å². The molecule has 21 heavy (non-hydrogen) atoms. The third-order valence-electron chi connectivity index (χ3n) is 4.00. The molecule has 1 unspecified atom stereocenters. The second-order valence-electron chi connectivity index (χ2n) is 5.52. The Morgan fingerprint density at radius 3 is 2.67 bits per heavy atom. The van der Waals surface area contributed by atoms with Crippen molar-refractivity contribution in [3.63, 3.8) is 0 Å². The fourth-order valence-electron chi connectivity index (χ4n) is 2.88. The Bertz CT molecular complexity index is 564. The van der Waals surface area contributed by atoms with Crippen LogP contribution in [0.1, 0.15) is 52.4 Å². The molecule has 1 aliphatic rings. The maximum absolute atomic E-state index is 6.69. The van der Waals surface area contributed by atoms with E-state index in [0.29, 0.717) is 6.61 Å². The minimum absolute atomic E-state index is 0.0439. The number of hydrogen-bond donors (Lipinski definition) is 0. The van der Waals surface area contributed by atoms with E-state index in [-0.39, 0.29) is 5.38 Å². The highest BCUT2D eigenvalue weighted by Crippen LogP contribution is 2.38. The fourth-order valence-corrected chi connectivity index (χ4v) is 4.49. The van der Waals surface area contributed by atoms with E-state index in [1.54, 1.807) is 4.88 Å². The first-order valence-corrected chi connectivity index (χ1v) is 9.01. The van der Waals surface area contributed by atoms with Gasteiger partial charge in [-0.2, -0.15) is 0 Å². The van der Waals surface area contributed by atoms with Gasteiger partial charge in [-0.05, 0) is 61.9 Å². The molecule has 0 saturated heterocycles. The van der Waals surface area contributed by atoms with Gasteiger partial charge in [0.05, 0.1) is 12.0 Å². The SMILES string of the molecule is CCOc1ccc(C(Cl)c2cc3c(s2)CCCCC3)cc1. The molecular formula is C18H21ClOS. The van der Waals surface area contributed by atoms with E-state index >= 15 is 0 Å². The Hall–Kier alpha value is -0.990. The van der Waals surface area contributed by atoms with Crippen molar-refractivity contribution < 1.29 is 4.74 Å². The second kappa shape index (κ2) is 6.85. The van der Waals surface area contributed by atoms with Crippen LogP contribution < -0.4 is 4.74 Å². The first-order valence-electron chi connectivity index (χ1n) is 7.76. The maximum atomic E-state index is 6.69. The third-order valence-corrected chi connectivity index (χ3v) is 5.92. The summed E-state index contributed by atoms with van der Waals surface area (Å²) in [7, 11) is 0. The number of thiophene rings is 1. The van der Waals surface area contributed by atoms with Gasteiger partial charge in [-0.25, -0.2) is 0 Å². The van der Waals surface area contributed by atoms with Crippen LogP contribution in [0.4, 0.5) is 0 Å². The number of hydrogen-bond acceptors (Lipinski definition) is 2. The third kappa shape index (κ3) is 3.44. The van der Waals surface area contributed by atoms with Crippen molar-refractivity contribution in [2.75, 3.05) is 6.61 Å². The van der Waals surface area contributed by atoms with E-state index < -0.39 is 0 Å². The maximum Gasteiger partial charge on any atom is 0.119 e. The number of rotatable bonds is 4. The van der Waals surface area contributed by atoms with Crippen LogP contribution in [0.5, 0.6) is 5.75 Å². The molecule has 0 radical (unpaired) electrons. The molecule has 0 N–H and O–H groups in total. The van der Waals surface area contributed by atoms with Crippen LogP contribution in [0.25, 0.3) is 0 Å². The summed E-state index contributed by atoms with van der Waals surface area (Å²) >= 11 is 8.59. The predicted octanol–water partition coefficient (Wildman–Crippen LogP) is 5.74. The molecule has 3 heteroatoms. The van der Waals surface area contributed by atoms with Crippen LogP contribution in [0.2, 0.25) is 0 Å². The quantitative estimate of drug-likeness (QED) is 0.515. The zero-order chi connectivity index (χ0) is 14.7. The van der Waals surface area contributed by atoms with E-state index in [9.17, 15) is 0 Å². The molecule has 3 rings (SSSR count). The van der Waals surface area contributed by atoms with Crippen molar-refractivity contribution in [1.29, 1.82) is 0 Å².